The molecule has 1 amide bonds. The quantitative estimate of drug-likeness (QED) is 0.390. The molecule has 1 N–H and O–H groups in total. The van der Waals surface area contributed by atoms with Crippen molar-refractivity contribution in [2.75, 3.05) is 37.4 Å². The van der Waals surface area contributed by atoms with E-state index in [1.165, 1.54) is 18.2 Å². The van der Waals surface area contributed by atoms with E-state index >= 15 is 0 Å². The summed E-state index contributed by atoms with van der Waals surface area (Å²) in [4.78, 5) is 28.4. The molecule has 176 valence electrons. The Hall–Kier alpha value is -3.91. The van der Waals surface area contributed by atoms with Crippen LogP contribution in [0.25, 0.3) is 0 Å². The van der Waals surface area contributed by atoms with Crippen molar-refractivity contribution in [3.05, 3.63) is 88.0 Å². The number of anilines is 2. The highest BCUT2D eigenvalue weighted by molar-refractivity contribution is 6.04. The van der Waals surface area contributed by atoms with Crippen LogP contribution >= 0.6 is 0 Å². The van der Waals surface area contributed by atoms with Gasteiger partial charge in [0.2, 0.25) is 5.75 Å². The molecule has 0 aromatic heterocycles. The van der Waals surface area contributed by atoms with Gasteiger partial charge in [-0.15, -0.1) is 0 Å². The molecule has 8 heteroatoms. The number of likely N-dealkylation sites (N-methyl/N-ethyl adjacent to an activating group) is 1. The van der Waals surface area contributed by atoms with Crippen molar-refractivity contribution in [3.8, 4) is 11.5 Å². The van der Waals surface area contributed by atoms with Gasteiger partial charge in [0.05, 0.1) is 4.92 Å². The number of ether oxygens (including phenoxy) is 1. The number of benzene rings is 3. The Morgan fingerprint density at radius 2 is 1.79 bits per heavy atom. The number of carbonyl (C=O) groups excluding carboxylic acids is 1. The third kappa shape index (κ3) is 5.35. The van der Waals surface area contributed by atoms with Crippen molar-refractivity contribution in [3.63, 3.8) is 0 Å². The van der Waals surface area contributed by atoms with Crippen LogP contribution < -0.4 is 15.0 Å². The van der Waals surface area contributed by atoms with E-state index in [1.54, 1.807) is 12.1 Å². The molecule has 1 aliphatic rings. The van der Waals surface area contributed by atoms with Gasteiger partial charge >= 0.3 is 5.69 Å². The van der Waals surface area contributed by atoms with Crippen LogP contribution in [0.1, 0.15) is 22.3 Å². The summed E-state index contributed by atoms with van der Waals surface area (Å²) in [6.45, 7) is 3.91. The smallest absolute Gasteiger partial charge is 0.312 e. The molecule has 1 saturated heterocycles. The van der Waals surface area contributed by atoms with E-state index in [0.717, 1.165) is 30.8 Å². The Kier molecular flexibility index (Phi) is 6.79. The molecule has 0 saturated carbocycles. The minimum Gasteiger partial charge on any atom is -0.450 e. The molecule has 34 heavy (non-hydrogen) atoms. The number of hydrogen-bond acceptors (Lipinski definition) is 6. The second-order valence-electron chi connectivity index (χ2n) is 8.71. The molecule has 3 aromatic carbocycles. The van der Waals surface area contributed by atoms with Crippen LogP contribution in [0.5, 0.6) is 11.5 Å². The van der Waals surface area contributed by atoms with Crippen molar-refractivity contribution >= 4 is 23.0 Å². The molecule has 3 aromatic rings. The highest BCUT2D eigenvalue weighted by Crippen LogP contribution is 2.32. The molecule has 1 atom stereocenters. The lowest BCUT2D eigenvalue weighted by molar-refractivity contribution is -0.385. The Labute approximate surface area is 198 Å². The van der Waals surface area contributed by atoms with Crippen LogP contribution in [0.3, 0.4) is 0 Å². The lowest BCUT2D eigenvalue weighted by Gasteiger charge is -2.22. The summed E-state index contributed by atoms with van der Waals surface area (Å²) in [6, 6.07) is 19.6. The molecule has 1 aliphatic heterocycles. The first-order valence-corrected chi connectivity index (χ1v) is 11.2. The number of nitrogens with zero attached hydrogens (tertiary/aromatic N) is 3. The molecule has 1 unspecified atom stereocenters. The van der Waals surface area contributed by atoms with Gasteiger partial charge in [0.1, 0.15) is 5.75 Å². The van der Waals surface area contributed by atoms with Crippen LogP contribution in [-0.2, 0) is 0 Å². The zero-order chi connectivity index (χ0) is 24.2. The van der Waals surface area contributed by atoms with Crippen molar-refractivity contribution in [2.24, 2.45) is 0 Å². The summed E-state index contributed by atoms with van der Waals surface area (Å²) in [7, 11) is 4.19. The fourth-order valence-corrected chi connectivity index (χ4v) is 3.98. The molecular formula is C26H28N4O4. The summed E-state index contributed by atoms with van der Waals surface area (Å²) < 4.78 is 5.68. The molecule has 1 heterocycles. The number of hydrogen-bond donors (Lipinski definition) is 1. The SMILES string of the molecule is Cc1ccc(Oc2ccc(C(=O)Nc3ccc(N4CCC(N(C)C)C4)cc3)cc2[N+](=O)[O-])cc1. The number of rotatable bonds is 7. The van der Waals surface area contributed by atoms with Crippen LogP contribution in [0.15, 0.2) is 66.7 Å². The van der Waals surface area contributed by atoms with Gasteiger partial charge in [-0.1, -0.05) is 17.7 Å². The Balaban J connectivity index is 1.45. The van der Waals surface area contributed by atoms with Crippen molar-refractivity contribution in [2.45, 2.75) is 19.4 Å². The first-order valence-electron chi connectivity index (χ1n) is 11.2. The summed E-state index contributed by atoms with van der Waals surface area (Å²) >= 11 is 0. The minimum absolute atomic E-state index is 0.0800. The van der Waals surface area contributed by atoms with Gasteiger partial charge in [-0.25, -0.2) is 0 Å². The molecule has 0 aliphatic carbocycles. The van der Waals surface area contributed by atoms with Gasteiger partial charge in [-0.2, -0.15) is 0 Å². The summed E-state index contributed by atoms with van der Waals surface area (Å²) in [5.41, 5.74) is 2.70. The fourth-order valence-electron chi connectivity index (χ4n) is 3.98. The predicted octanol–water partition coefficient (Wildman–Crippen LogP) is 5.09. The number of amides is 1. The average molecular weight is 461 g/mol. The molecular weight excluding hydrogens is 432 g/mol. The minimum atomic E-state index is -0.549. The van der Waals surface area contributed by atoms with E-state index in [0.29, 0.717) is 17.5 Å². The zero-order valence-corrected chi connectivity index (χ0v) is 19.5. The van der Waals surface area contributed by atoms with Crippen molar-refractivity contribution < 1.29 is 14.5 Å². The number of nitrogens with one attached hydrogen (secondary N) is 1. The summed E-state index contributed by atoms with van der Waals surface area (Å²) in [6.07, 6.45) is 1.12. The van der Waals surface area contributed by atoms with Crippen molar-refractivity contribution in [1.82, 2.24) is 4.90 Å². The Morgan fingerprint density at radius 1 is 1.09 bits per heavy atom. The average Bonchev–Trinajstić information content (AvgIpc) is 3.32. The number of nitro groups is 1. The molecule has 1 fully saturated rings. The lowest BCUT2D eigenvalue weighted by atomic mass is 10.1. The van der Waals surface area contributed by atoms with Crippen LogP contribution in [-0.4, -0.2) is 49.0 Å². The topological polar surface area (TPSA) is 88.0 Å². The Bertz CT molecular complexity index is 1180. The standard InChI is InChI=1S/C26H28N4O4/c1-18-4-11-23(12-5-18)34-25-13-6-19(16-24(25)30(32)33)26(31)27-20-7-9-21(10-8-20)29-15-14-22(17-29)28(2)3/h4-13,16,22H,14-15,17H2,1-3H3,(H,27,31). The van der Waals surface area contributed by atoms with Crippen LogP contribution in [0.4, 0.5) is 17.1 Å². The number of carbonyl (C=O) groups is 1. The second kappa shape index (κ2) is 9.93. The third-order valence-electron chi connectivity index (χ3n) is 6.05. The summed E-state index contributed by atoms with van der Waals surface area (Å²) in [5.74, 6) is 0.142. The molecule has 0 bridgehead atoms. The van der Waals surface area contributed by atoms with E-state index in [4.69, 9.17) is 4.74 Å². The van der Waals surface area contributed by atoms with E-state index in [9.17, 15) is 14.9 Å². The predicted molar refractivity (Wildman–Crippen MR) is 133 cm³/mol. The van der Waals surface area contributed by atoms with Gasteiger partial charge in [0, 0.05) is 42.1 Å². The van der Waals surface area contributed by atoms with E-state index in [1.807, 2.05) is 43.3 Å². The van der Waals surface area contributed by atoms with Gasteiger partial charge < -0.3 is 19.9 Å². The summed E-state index contributed by atoms with van der Waals surface area (Å²) in [5, 5.41) is 14.4. The molecule has 4 rings (SSSR count). The second-order valence-corrected chi connectivity index (χ2v) is 8.71. The third-order valence-corrected chi connectivity index (χ3v) is 6.05. The van der Waals surface area contributed by atoms with Crippen molar-refractivity contribution in [1.29, 1.82) is 0 Å². The number of aryl methyl sites for hydroxylation is 1. The van der Waals surface area contributed by atoms with Gasteiger partial charge in [-0.05, 0) is 76.0 Å². The van der Waals surface area contributed by atoms with Gasteiger partial charge in [-0.3, -0.25) is 14.9 Å². The number of nitro benzene ring substituents is 1. The Morgan fingerprint density at radius 3 is 2.41 bits per heavy atom. The fraction of sp³-hybridized carbons (Fsp3) is 0.269. The lowest BCUT2D eigenvalue weighted by Crippen LogP contribution is -2.31. The first kappa shape index (κ1) is 23.3. The van der Waals surface area contributed by atoms with Crippen LogP contribution in [0, 0.1) is 17.0 Å². The van der Waals surface area contributed by atoms with Gasteiger partial charge in [0.25, 0.3) is 5.91 Å². The van der Waals surface area contributed by atoms with Crippen LogP contribution in [0.2, 0.25) is 0 Å². The van der Waals surface area contributed by atoms with E-state index in [2.05, 4.69) is 29.2 Å². The van der Waals surface area contributed by atoms with Gasteiger partial charge in [0.15, 0.2) is 0 Å². The van der Waals surface area contributed by atoms with E-state index < -0.39 is 10.8 Å². The molecule has 8 nitrogen and oxygen atoms in total. The first-order chi connectivity index (χ1) is 16.3. The molecule has 0 radical (unpaired) electrons. The highest BCUT2D eigenvalue weighted by Gasteiger charge is 2.24. The largest absolute Gasteiger partial charge is 0.450 e. The zero-order valence-electron chi connectivity index (χ0n) is 19.5. The highest BCUT2D eigenvalue weighted by atomic mass is 16.6. The maximum Gasteiger partial charge on any atom is 0.312 e. The monoisotopic (exact) mass is 460 g/mol. The van der Waals surface area contributed by atoms with E-state index in [-0.39, 0.29) is 17.0 Å². The normalized spacial score (nSPS) is 15.4. The maximum absolute atomic E-state index is 12.8. The molecule has 0 spiro atoms. The maximum atomic E-state index is 12.8.